The van der Waals surface area contributed by atoms with E-state index in [0.29, 0.717) is 36.7 Å². The molecule has 0 aliphatic heterocycles. The van der Waals surface area contributed by atoms with E-state index in [1.807, 2.05) is 33.3 Å². The first-order valence-electron chi connectivity index (χ1n) is 21.7. The van der Waals surface area contributed by atoms with Gasteiger partial charge in [-0.2, -0.15) is 0 Å². The molecule has 0 bridgehead atoms. The molecule has 0 saturated heterocycles. The molecule has 0 aliphatic carbocycles. The summed E-state index contributed by atoms with van der Waals surface area (Å²) in [5.41, 5.74) is 0. The van der Waals surface area contributed by atoms with E-state index in [1.54, 1.807) is 0 Å². The smallest absolute Gasteiger partial charge is 0.462 e. The molecular formula is C48H79NO9P+. The molecule has 11 heteroatoms. The van der Waals surface area contributed by atoms with Gasteiger partial charge in [0.25, 0.3) is 0 Å². The van der Waals surface area contributed by atoms with Gasteiger partial charge in [0.2, 0.25) is 0 Å². The van der Waals surface area contributed by atoms with E-state index < -0.39 is 32.5 Å². The van der Waals surface area contributed by atoms with E-state index in [1.165, 1.54) is 0 Å². The number of esters is 2. The van der Waals surface area contributed by atoms with Gasteiger partial charge in [-0.15, -0.1) is 0 Å². The van der Waals surface area contributed by atoms with Gasteiger partial charge < -0.3 is 24.0 Å². The molecule has 0 fully saturated rings. The zero-order valence-electron chi connectivity index (χ0n) is 36.9. The van der Waals surface area contributed by atoms with Crippen LogP contribution < -0.4 is 0 Å². The number of aliphatic hydroxyl groups excluding tert-OH is 1. The van der Waals surface area contributed by atoms with Gasteiger partial charge in [0, 0.05) is 19.4 Å². The Morgan fingerprint density at radius 2 is 0.983 bits per heavy atom. The number of ether oxygens (including phenoxy) is 2. The monoisotopic (exact) mass is 845 g/mol. The van der Waals surface area contributed by atoms with Gasteiger partial charge in [-0.3, -0.25) is 18.6 Å². The quantitative estimate of drug-likeness (QED) is 0.0205. The average Bonchev–Trinajstić information content (AvgIpc) is 3.19. The van der Waals surface area contributed by atoms with Crippen molar-refractivity contribution in [2.45, 2.75) is 129 Å². The predicted molar refractivity (Wildman–Crippen MR) is 244 cm³/mol. The standard InChI is InChI=1S/C48H78NO9P/c1-5-6-7-8-9-10-11-12-13-15-19-22-25-28-31-34-37-40-48(52)58-46(45-57-59(53,54)56-43-41-49(2,3)4)44-55-47(51)39-36-33-30-27-24-21-18-16-14-17-20-23-26-29-32-35-38-42-50/h6-7,9-10,12-14,17-19,21-23,26-28,30-31,46,50H,5,8,11,15-16,20,24-25,29,32-45H2,1-4H3/p+1/b7-6-,10-9-,13-12-,17-14-,21-18-,22-19-,26-23-,30-27-,31-28-/t46-/m1/s1. The Labute approximate surface area is 358 Å². The Bertz CT molecular complexity index is 1370. The lowest BCUT2D eigenvalue weighted by molar-refractivity contribution is -0.870. The highest BCUT2D eigenvalue weighted by atomic mass is 31.2. The minimum atomic E-state index is -4.42. The van der Waals surface area contributed by atoms with Crippen LogP contribution in [0.15, 0.2) is 109 Å². The molecule has 10 nitrogen and oxygen atoms in total. The first kappa shape index (κ1) is 55.6. The van der Waals surface area contributed by atoms with E-state index in [4.69, 9.17) is 23.6 Å². The molecule has 0 saturated carbocycles. The fraction of sp³-hybridized carbons (Fsp3) is 0.583. The van der Waals surface area contributed by atoms with Crippen LogP contribution in [-0.4, -0.2) is 86.6 Å². The van der Waals surface area contributed by atoms with Gasteiger partial charge in [0.15, 0.2) is 6.10 Å². The van der Waals surface area contributed by atoms with Crippen LogP contribution >= 0.6 is 7.82 Å². The predicted octanol–water partition coefficient (Wildman–Crippen LogP) is 11.3. The van der Waals surface area contributed by atoms with Crippen molar-refractivity contribution in [2.24, 2.45) is 0 Å². The molecule has 0 aliphatic rings. The summed E-state index contributed by atoms with van der Waals surface area (Å²) in [6.07, 6.45) is 51.7. The molecule has 2 atom stereocenters. The van der Waals surface area contributed by atoms with Gasteiger partial charge in [-0.25, -0.2) is 4.57 Å². The fourth-order valence-electron chi connectivity index (χ4n) is 4.96. The van der Waals surface area contributed by atoms with Crippen LogP contribution in [-0.2, 0) is 32.7 Å². The summed E-state index contributed by atoms with van der Waals surface area (Å²) in [7, 11) is 1.37. The number of rotatable bonds is 38. The number of allylic oxidation sites excluding steroid dienone is 18. The summed E-state index contributed by atoms with van der Waals surface area (Å²) in [5, 5.41) is 8.80. The van der Waals surface area contributed by atoms with Crippen LogP contribution in [0, 0.1) is 0 Å². The van der Waals surface area contributed by atoms with E-state index in [-0.39, 0.29) is 32.7 Å². The number of aliphatic hydroxyl groups is 1. The summed E-state index contributed by atoms with van der Waals surface area (Å²) in [5.74, 6) is -0.961. The van der Waals surface area contributed by atoms with Crippen molar-refractivity contribution < 1.29 is 47.2 Å². The van der Waals surface area contributed by atoms with E-state index >= 15 is 0 Å². The van der Waals surface area contributed by atoms with Crippen molar-refractivity contribution in [3.63, 3.8) is 0 Å². The third kappa shape index (κ3) is 44.0. The number of carbonyl (C=O) groups is 2. The van der Waals surface area contributed by atoms with Crippen LogP contribution in [0.3, 0.4) is 0 Å². The fourth-order valence-corrected chi connectivity index (χ4v) is 5.70. The molecule has 0 aromatic carbocycles. The van der Waals surface area contributed by atoms with E-state index in [0.717, 1.165) is 77.0 Å². The number of phosphoric acid groups is 1. The number of quaternary nitrogens is 1. The Kier molecular flexibility index (Phi) is 37.8. The summed E-state index contributed by atoms with van der Waals surface area (Å²) < 4.78 is 34.1. The lowest BCUT2D eigenvalue weighted by Crippen LogP contribution is -2.37. The third-order valence-electron chi connectivity index (χ3n) is 8.34. The number of hydrogen-bond donors (Lipinski definition) is 2. The highest BCUT2D eigenvalue weighted by Crippen LogP contribution is 2.43. The van der Waals surface area contributed by atoms with Gasteiger partial charge in [-0.05, 0) is 96.3 Å². The van der Waals surface area contributed by atoms with Crippen molar-refractivity contribution in [3.8, 4) is 0 Å². The Balaban J connectivity index is 4.58. The number of nitrogens with zero attached hydrogens (tertiary/aromatic N) is 1. The molecule has 0 amide bonds. The lowest BCUT2D eigenvalue weighted by Gasteiger charge is -2.24. The maximum absolute atomic E-state index is 12.7. The molecule has 2 N–H and O–H groups in total. The molecule has 0 radical (unpaired) electrons. The Hall–Kier alpha value is -3.37. The molecule has 0 rings (SSSR count). The summed E-state index contributed by atoms with van der Waals surface area (Å²) in [4.78, 5) is 35.3. The molecule has 0 heterocycles. The summed E-state index contributed by atoms with van der Waals surface area (Å²) in [6, 6.07) is 0. The van der Waals surface area contributed by atoms with Gasteiger partial charge in [0.1, 0.15) is 19.8 Å². The van der Waals surface area contributed by atoms with Crippen molar-refractivity contribution in [3.05, 3.63) is 109 Å². The Morgan fingerprint density at radius 1 is 0.559 bits per heavy atom. The van der Waals surface area contributed by atoms with E-state index in [2.05, 4.69) is 104 Å². The van der Waals surface area contributed by atoms with Crippen LogP contribution in [0.25, 0.3) is 0 Å². The molecular weight excluding hydrogens is 766 g/mol. The highest BCUT2D eigenvalue weighted by Gasteiger charge is 2.27. The molecule has 0 spiro atoms. The second-order valence-corrected chi connectivity index (χ2v) is 16.5. The number of phosphoric ester groups is 1. The minimum absolute atomic E-state index is 0.00120. The summed E-state index contributed by atoms with van der Waals surface area (Å²) >= 11 is 0. The number of carbonyl (C=O) groups excluding carboxylic acids is 2. The van der Waals surface area contributed by atoms with Crippen LogP contribution in [0.2, 0.25) is 0 Å². The average molecular weight is 845 g/mol. The zero-order chi connectivity index (χ0) is 43.6. The topological polar surface area (TPSA) is 129 Å². The maximum Gasteiger partial charge on any atom is 0.472 e. The van der Waals surface area contributed by atoms with Crippen molar-refractivity contribution >= 4 is 19.8 Å². The minimum Gasteiger partial charge on any atom is -0.462 e. The molecule has 59 heavy (non-hydrogen) atoms. The van der Waals surface area contributed by atoms with E-state index in [9.17, 15) is 19.0 Å². The van der Waals surface area contributed by atoms with Gasteiger partial charge in [0.05, 0.1) is 27.7 Å². The first-order chi connectivity index (χ1) is 28.5. The first-order valence-corrected chi connectivity index (χ1v) is 23.2. The highest BCUT2D eigenvalue weighted by molar-refractivity contribution is 7.47. The van der Waals surface area contributed by atoms with Crippen LogP contribution in [0.5, 0.6) is 0 Å². The molecule has 1 unspecified atom stereocenters. The van der Waals surface area contributed by atoms with Crippen LogP contribution in [0.4, 0.5) is 0 Å². The number of hydrogen-bond acceptors (Lipinski definition) is 8. The normalized spacial score (nSPS) is 14.6. The van der Waals surface area contributed by atoms with Crippen molar-refractivity contribution in [1.29, 1.82) is 0 Å². The lowest BCUT2D eigenvalue weighted by atomic mass is 10.2. The van der Waals surface area contributed by atoms with Gasteiger partial charge in [-0.1, -0.05) is 123 Å². The number of unbranched alkanes of at least 4 members (excludes halogenated alkanes) is 5. The Morgan fingerprint density at radius 3 is 1.42 bits per heavy atom. The van der Waals surface area contributed by atoms with Crippen molar-refractivity contribution in [2.75, 3.05) is 54.1 Å². The third-order valence-corrected chi connectivity index (χ3v) is 9.33. The number of likely N-dealkylation sites (N-methyl/N-ethyl adjacent to an activating group) is 1. The maximum atomic E-state index is 12.7. The van der Waals surface area contributed by atoms with Crippen LogP contribution in [0.1, 0.15) is 122 Å². The molecule has 0 aromatic heterocycles. The largest absolute Gasteiger partial charge is 0.472 e. The second kappa shape index (κ2) is 40.1. The summed E-state index contributed by atoms with van der Waals surface area (Å²) in [6.45, 7) is 2.14. The molecule has 0 aromatic rings. The zero-order valence-corrected chi connectivity index (χ0v) is 37.8. The van der Waals surface area contributed by atoms with Crippen molar-refractivity contribution in [1.82, 2.24) is 0 Å². The van der Waals surface area contributed by atoms with Gasteiger partial charge >= 0.3 is 19.8 Å². The molecule has 334 valence electrons. The second-order valence-electron chi connectivity index (χ2n) is 15.1. The SMILES string of the molecule is CC/C=C\C/C=C\C/C=C\C/C=C\C/C=C\CCCC(=O)O[C@H](COC(=O)CCC/C=C\C/C=C\C/C=C\C/C=C\CCCCCO)COP(=O)(O)OCC[N+](C)(C)C.